The summed E-state index contributed by atoms with van der Waals surface area (Å²) in [6, 6.07) is 7.23. The Morgan fingerprint density at radius 3 is 2.69 bits per heavy atom. The first-order chi connectivity index (χ1) is 13.9. The molecule has 0 radical (unpaired) electrons. The van der Waals surface area contributed by atoms with E-state index in [-0.39, 0.29) is 35.9 Å². The summed E-state index contributed by atoms with van der Waals surface area (Å²) in [5.74, 6) is -0.0263. The Kier molecular flexibility index (Phi) is 5.08. The maximum Gasteiger partial charge on any atom is 0.412 e. The lowest BCUT2D eigenvalue weighted by Gasteiger charge is -2.32. The van der Waals surface area contributed by atoms with E-state index in [4.69, 9.17) is 4.74 Å². The maximum atomic E-state index is 13.3. The molecule has 1 aliphatic carbocycles. The Labute approximate surface area is 167 Å². The van der Waals surface area contributed by atoms with Gasteiger partial charge in [0.15, 0.2) is 0 Å². The van der Waals surface area contributed by atoms with Crippen molar-refractivity contribution in [1.29, 1.82) is 0 Å². The van der Waals surface area contributed by atoms with Crippen molar-refractivity contribution < 1.29 is 23.8 Å². The number of halogens is 1. The monoisotopic (exact) mass is 399 g/mol. The zero-order valence-electron chi connectivity index (χ0n) is 16.0. The predicted molar refractivity (Wildman–Crippen MR) is 104 cm³/mol. The maximum absolute atomic E-state index is 13.3. The molecule has 2 aliphatic rings. The van der Waals surface area contributed by atoms with Crippen LogP contribution < -0.4 is 15.0 Å². The van der Waals surface area contributed by atoms with Crippen LogP contribution in [-0.2, 0) is 6.42 Å². The van der Waals surface area contributed by atoms with E-state index < -0.39 is 6.09 Å². The minimum absolute atomic E-state index is 0.130. The van der Waals surface area contributed by atoms with Crippen molar-refractivity contribution in [2.24, 2.45) is 5.92 Å². The van der Waals surface area contributed by atoms with E-state index in [9.17, 15) is 19.1 Å². The number of amides is 2. The summed E-state index contributed by atoms with van der Waals surface area (Å²) < 4.78 is 18.9. The summed E-state index contributed by atoms with van der Waals surface area (Å²) in [6.07, 6.45) is 1.42. The largest absolute Gasteiger partial charge is 0.474 e. The quantitative estimate of drug-likeness (QED) is 0.806. The Morgan fingerprint density at radius 1 is 1.31 bits per heavy atom. The van der Waals surface area contributed by atoms with Crippen LogP contribution in [-0.4, -0.2) is 41.3 Å². The molecule has 7 nitrogen and oxygen atoms in total. The van der Waals surface area contributed by atoms with Crippen LogP contribution in [0.5, 0.6) is 5.88 Å². The Bertz CT molecular complexity index is 944. The first-order valence-electron chi connectivity index (χ1n) is 9.64. The second kappa shape index (κ2) is 7.69. The van der Waals surface area contributed by atoms with Crippen LogP contribution in [0.3, 0.4) is 0 Å². The van der Waals surface area contributed by atoms with Crippen molar-refractivity contribution in [2.75, 3.05) is 18.1 Å². The number of hydrogen-bond donors (Lipinski definition) is 2. The number of carbonyl (C=O) groups is 2. The number of ether oxygens (including phenoxy) is 1. The lowest BCUT2D eigenvalue weighted by atomic mass is 10.0. The van der Waals surface area contributed by atoms with Gasteiger partial charge >= 0.3 is 6.09 Å². The molecule has 1 atom stereocenters. The summed E-state index contributed by atoms with van der Waals surface area (Å²) in [4.78, 5) is 30.1. The van der Waals surface area contributed by atoms with E-state index in [1.165, 1.54) is 17.0 Å². The van der Waals surface area contributed by atoms with Crippen molar-refractivity contribution in [3.63, 3.8) is 0 Å². The molecule has 0 saturated heterocycles. The molecule has 4 rings (SSSR count). The Balaban J connectivity index is 1.72. The number of nitrogens with one attached hydrogen (secondary N) is 1. The molecule has 1 aliphatic heterocycles. The summed E-state index contributed by atoms with van der Waals surface area (Å²) in [5.41, 5.74) is 1.87. The van der Waals surface area contributed by atoms with Gasteiger partial charge in [-0.25, -0.2) is 14.2 Å². The molecule has 0 bridgehead atoms. The second-order valence-electron chi connectivity index (χ2n) is 7.59. The molecule has 29 heavy (non-hydrogen) atoms. The number of fused-ring (bicyclic) bond motifs is 1. The van der Waals surface area contributed by atoms with Gasteiger partial charge in [0.1, 0.15) is 23.8 Å². The van der Waals surface area contributed by atoms with E-state index >= 15 is 0 Å². The SMILES string of the molecule is CC1COc2nc(C(=O)NCC3CC3)c(Cc3ccc(F)cc3)cc2N1C(=O)O. The molecule has 152 valence electrons. The molecule has 1 aromatic heterocycles. The minimum Gasteiger partial charge on any atom is -0.474 e. The number of aromatic nitrogens is 1. The number of hydrogen-bond acceptors (Lipinski definition) is 4. The van der Waals surface area contributed by atoms with Gasteiger partial charge in [0.25, 0.3) is 5.91 Å². The van der Waals surface area contributed by atoms with Crippen molar-refractivity contribution in [3.05, 3.63) is 53.0 Å². The molecule has 1 unspecified atom stereocenters. The van der Waals surface area contributed by atoms with Gasteiger partial charge in [0, 0.05) is 6.54 Å². The fraction of sp³-hybridized carbons (Fsp3) is 0.381. The Morgan fingerprint density at radius 2 is 2.03 bits per heavy atom. The van der Waals surface area contributed by atoms with Crippen LogP contribution in [0.1, 0.15) is 41.4 Å². The van der Waals surface area contributed by atoms with Crippen LogP contribution in [0.2, 0.25) is 0 Å². The number of nitrogens with zero attached hydrogens (tertiary/aromatic N) is 2. The number of carboxylic acid groups (broad SMARTS) is 1. The number of rotatable bonds is 5. The van der Waals surface area contributed by atoms with Crippen LogP contribution in [0.25, 0.3) is 0 Å². The smallest absolute Gasteiger partial charge is 0.412 e. The van der Waals surface area contributed by atoms with E-state index in [0.717, 1.165) is 18.4 Å². The highest BCUT2D eigenvalue weighted by Gasteiger charge is 2.33. The third-order valence-corrected chi connectivity index (χ3v) is 5.19. The minimum atomic E-state index is -1.11. The summed E-state index contributed by atoms with van der Waals surface area (Å²) in [5, 5.41) is 12.5. The van der Waals surface area contributed by atoms with Gasteiger partial charge in [-0.3, -0.25) is 9.69 Å². The highest BCUT2D eigenvalue weighted by molar-refractivity contribution is 5.96. The van der Waals surface area contributed by atoms with Gasteiger partial charge in [-0.2, -0.15) is 0 Å². The van der Waals surface area contributed by atoms with Crippen molar-refractivity contribution in [2.45, 2.75) is 32.2 Å². The fourth-order valence-corrected chi connectivity index (χ4v) is 3.40. The lowest BCUT2D eigenvalue weighted by molar-refractivity contribution is 0.0944. The first-order valence-corrected chi connectivity index (χ1v) is 9.64. The number of benzene rings is 1. The van der Waals surface area contributed by atoms with Crippen molar-refractivity contribution >= 4 is 17.7 Å². The van der Waals surface area contributed by atoms with Crippen LogP contribution >= 0.6 is 0 Å². The van der Waals surface area contributed by atoms with Crippen LogP contribution in [0.15, 0.2) is 30.3 Å². The predicted octanol–water partition coefficient (Wildman–Crippen LogP) is 3.22. The fourth-order valence-electron chi connectivity index (χ4n) is 3.40. The molecular weight excluding hydrogens is 377 g/mol. The first kappa shape index (κ1) is 19.2. The third kappa shape index (κ3) is 4.16. The molecule has 2 N–H and O–H groups in total. The molecular formula is C21H22FN3O4. The van der Waals surface area contributed by atoms with Gasteiger partial charge < -0.3 is 15.2 Å². The summed E-state index contributed by atoms with van der Waals surface area (Å²) in [6.45, 7) is 2.49. The highest BCUT2D eigenvalue weighted by Crippen LogP contribution is 2.35. The normalized spacial score (nSPS) is 18.0. The van der Waals surface area contributed by atoms with Gasteiger partial charge in [-0.05, 0) is 61.4 Å². The molecule has 1 fully saturated rings. The van der Waals surface area contributed by atoms with E-state index in [2.05, 4.69) is 10.3 Å². The van der Waals surface area contributed by atoms with Crippen LogP contribution in [0, 0.1) is 11.7 Å². The zero-order chi connectivity index (χ0) is 20.5. The molecule has 0 spiro atoms. The number of pyridine rings is 1. The topological polar surface area (TPSA) is 91.8 Å². The van der Waals surface area contributed by atoms with Gasteiger partial charge in [0.2, 0.25) is 5.88 Å². The molecule has 8 heteroatoms. The Hall–Kier alpha value is -3.16. The number of anilines is 1. The molecule has 2 amide bonds. The average molecular weight is 399 g/mol. The average Bonchev–Trinajstić information content (AvgIpc) is 3.51. The van der Waals surface area contributed by atoms with Gasteiger partial charge in [-0.1, -0.05) is 12.1 Å². The van der Waals surface area contributed by atoms with Gasteiger partial charge in [-0.15, -0.1) is 0 Å². The van der Waals surface area contributed by atoms with Gasteiger partial charge in [0.05, 0.1) is 6.04 Å². The molecule has 2 heterocycles. The second-order valence-corrected chi connectivity index (χ2v) is 7.59. The van der Waals surface area contributed by atoms with Crippen molar-refractivity contribution in [3.8, 4) is 5.88 Å². The van der Waals surface area contributed by atoms with Crippen LogP contribution in [0.4, 0.5) is 14.9 Å². The zero-order valence-corrected chi connectivity index (χ0v) is 16.0. The molecule has 1 saturated carbocycles. The lowest BCUT2D eigenvalue weighted by Crippen LogP contribution is -2.45. The van der Waals surface area contributed by atoms with E-state index in [1.807, 2.05) is 0 Å². The third-order valence-electron chi connectivity index (χ3n) is 5.19. The highest BCUT2D eigenvalue weighted by atomic mass is 19.1. The summed E-state index contributed by atoms with van der Waals surface area (Å²) >= 11 is 0. The standard InChI is InChI=1S/C21H22FN3O4/c1-12-11-29-20-17(25(12)21(27)28)9-15(8-13-4-6-16(22)7-5-13)18(24-20)19(26)23-10-14-2-3-14/h4-7,9,12,14H,2-3,8,10-11H2,1H3,(H,23,26)(H,27,28). The summed E-state index contributed by atoms with van der Waals surface area (Å²) in [7, 11) is 0. The van der Waals surface area contributed by atoms with E-state index in [1.54, 1.807) is 25.1 Å². The molecule has 2 aromatic rings. The van der Waals surface area contributed by atoms with Crippen molar-refractivity contribution in [1.82, 2.24) is 10.3 Å². The molecule has 1 aromatic carbocycles. The van der Waals surface area contributed by atoms with E-state index in [0.29, 0.717) is 30.1 Å². The number of carbonyl (C=O) groups excluding carboxylic acids is 1.